The number of hydrogen-bond donors (Lipinski definition) is 2. The van der Waals surface area contributed by atoms with Crippen LogP contribution in [0.15, 0.2) is 36.4 Å². The Morgan fingerprint density at radius 1 is 1.25 bits per heavy atom. The quantitative estimate of drug-likeness (QED) is 0.759. The minimum Gasteiger partial charge on any atom is -0.481 e. The van der Waals surface area contributed by atoms with Crippen LogP contribution in [-0.4, -0.2) is 17.6 Å². The Balaban J connectivity index is 1.87. The third-order valence-corrected chi connectivity index (χ3v) is 4.29. The van der Waals surface area contributed by atoms with Gasteiger partial charge < -0.3 is 10.4 Å². The average molecular weight is 310 g/mol. The highest BCUT2D eigenvalue weighted by Gasteiger charge is 2.06. The zero-order valence-electron chi connectivity index (χ0n) is 10.9. The molecule has 0 fully saturated rings. The molecule has 0 aliphatic heterocycles. The van der Waals surface area contributed by atoms with E-state index in [-0.39, 0.29) is 6.42 Å². The third-order valence-electron chi connectivity index (χ3n) is 2.84. The highest BCUT2D eigenvalue weighted by molar-refractivity contribution is 7.15. The summed E-state index contributed by atoms with van der Waals surface area (Å²) in [5, 5.41) is 12.6. The van der Waals surface area contributed by atoms with Gasteiger partial charge in [-0.1, -0.05) is 29.8 Å². The van der Waals surface area contributed by atoms with E-state index in [1.807, 2.05) is 24.3 Å². The number of rotatable bonds is 7. The predicted octanol–water partition coefficient (Wildman–Crippen LogP) is 4.02. The van der Waals surface area contributed by atoms with Gasteiger partial charge in [-0.05, 0) is 31.2 Å². The molecule has 2 rings (SSSR count). The lowest BCUT2D eigenvalue weighted by Gasteiger charge is -2.02. The molecule has 0 atom stereocenters. The third kappa shape index (κ3) is 4.34. The fraction of sp³-hybridized carbons (Fsp3) is 0.267. The van der Waals surface area contributed by atoms with Crippen molar-refractivity contribution < 1.29 is 9.90 Å². The number of nitrogens with one attached hydrogen (secondary N) is 1. The van der Waals surface area contributed by atoms with Crippen LogP contribution in [0, 0.1) is 0 Å². The highest BCUT2D eigenvalue weighted by atomic mass is 35.5. The number of carboxylic acids is 1. The molecule has 0 amide bonds. The van der Waals surface area contributed by atoms with Crippen molar-refractivity contribution in [2.75, 3.05) is 6.54 Å². The molecule has 3 nitrogen and oxygen atoms in total. The van der Waals surface area contributed by atoms with Crippen LogP contribution in [0.2, 0.25) is 5.02 Å². The lowest BCUT2D eigenvalue weighted by Crippen LogP contribution is -2.14. The maximum atomic E-state index is 10.4. The second kappa shape index (κ2) is 7.43. The van der Waals surface area contributed by atoms with Crippen molar-refractivity contribution in [1.82, 2.24) is 5.32 Å². The van der Waals surface area contributed by atoms with E-state index in [4.69, 9.17) is 16.7 Å². The fourth-order valence-corrected chi connectivity index (χ4v) is 3.17. The zero-order valence-corrected chi connectivity index (χ0v) is 12.5. The number of aliphatic carboxylic acids is 1. The molecule has 2 N–H and O–H groups in total. The maximum absolute atomic E-state index is 10.4. The van der Waals surface area contributed by atoms with Crippen molar-refractivity contribution in [3.05, 3.63) is 46.3 Å². The van der Waals surface area contributed by atoms with Crippen LogP contribution in [0.5, 0.6) is 0 Å². The van der Waals surface area contributed by atoms with Crippen LogP contribution in [0.4, 0.5) is 0 Å². The first-order valence-corrected chi connectivity index (χ1v) is 7.62. The summed E-state index contributed by atoms with van der Waals surface area (Å²) in [6.07, 6.45) is 0.862. The molecule has 0 unspecified atom stereocenters. The Kier molecular flexibility index (Phi) is 5.59. The molecule has 0 radical (unpaired) electrons. The number of halogens is 1. The predicted molar refractivity (Wildman–Crippen MR) is 83.3 cm³/mol. The van der Waals surface area contributed by atoms with E-state index in [2.05, 4.69) is 17.4 Å². The van der Waals surface area contributed by atoms with Gasteiger partial charge in [-0.3, -0.25) is 4.79 Å². The topological polar surface area (TPSA) is 49.3 Å². The largest absolute Gasteiger partial charge is 0.481 e. The van der Waals surface area contributed by atoms with Gasteiger partial charge in [-0.2, -0.15) is 0 Å². The summed E-state index contributed by atoms with van der Waals surface area (Å²) in [6.45, 7) is 1.47. The van der Waals surface area contributed by atoms with Gasteiger partial charge in [0.1, 0.15) is 0 Å². The molecule has 20 heavy (non-hydrogen) atoms. The molecule has 1 aromatic carbocycles. The number of benzene rings is 1. The van der Waals surface area contributed by atoms with E-state index in [1.54, 1.807) is 11.3 Å². The first-order valence-electron chi connectivity index (χ1n) is 6.43. The SMILES string of the molecule is O=C(O)CCCNCc1ccc(-c2ccccc2Cl)s1. The average Bonchev–Trinajstić information content (AvgIpc) is 2.87. The summed E-state index contributed by atoms with van der Waals surface area (Å²) in [6, 6.07) is 11.9. The van der Waals surface area contributed by atoms with Gasteiger partial charge in [-0.25, -0.2) is 0 Å². The smallest absolute Gasteiger partial charge is 0.303 e. The Labute approximate surface area is 127 Å². The van der Waals surface area contributed by atoms with E-state index in [1.165, 1.54) is 4.88 Å². The van der Waals surface area contributed by atoms with Gasteiger partial charge in [0, 0.05) is 33.3 Å². The van der Waals surface area contributed by atoms with Crippen LogP contribution in [0.25, 0.3) is 10.4 Å². The van der Waals surface area contributed by atoms with Crippen molar-refractivity contribution in [2.24, 2.45) is 0 Å². The van der Waals surface area contributed by atoms with Crippen molar-refractivity contribution in [2.45, 2.75) is 19.4 Å². The molecule has 1 aromatic heterocycles. The molecule has 5 heteroatoms. The first-order chi connectivity index (χ1) is 9.66. The van der Waals surface area contributed by atoms with E-state index >= 15 is 0 Å². The minimum absolute atomic E-state index is 0.211. The maximum Gasteiger partial charge on any atom is 0.303 e. The molecular formula is C15H16ClNO2S. The highest BCUT2D eigenvalue weighted by Crippen LogP contribution is 2.33. The monoisotopic (exact) mass is 309 g/mol. The second-order valence-corrected chi connectivity index (χ2v) is 6.00. The van der Waals surface area contributed by atoms with Crippen LogP contribution in [0.3, 0.4) is 0 Å². The number of thiophene rings is 1. The number of hydrogen-bond acceptors (Lipinski definition) is 3. The second-order valence-electron chi connectivity index (χ2n) is 4.42. The van der Waals surface area contributed by atoms with E-state index in [0.717, 1.165) is 22.0 Å². The van der Waals surface area contributed by atoms with Crippen LogP contribution in [0.1, 0.15) is 17.7 Å². The van der Waals surface area contributed by atoms with Gasteiger partial charge in [0.25, 0.3) is 0 Å². The first kappa shape index (κ1) is 15.0. The molecule has 106 valence electrons. The summed E-state index contributed by atoms with van der Waals surface area (Å²) < 4.78 is 0. The molecule has 2 aromatic rings. The summed E-state index contributed by atoms with van der Waals surface area (Å²) in [7, 11) is 0. The molecule has 0 saturated heterocycles. The molecule has 0 spiro atoms. The molecule has 0 aliphatic carbocycles. The minimum atomic E-state index is -0.746. The Bertz CT molecular complexity index is 583. The molecule has 1 heterocycles. The summed E-state index contributed by atoms with van der Waals surface area (Å²) in [4.78, 5) is 12.8. The summed E-state index contributed by atoms with van der Waals surface area (Å²) in [5.74, 6) is -0.746. The summed E-state index contributed by atoms with van der Waals surface area (Å²) >= 11 is 7.88. The van der Waals surface area contributed by atoms with Crippen LogP contribution < -0.4 is 5.32 Å². The Morgan fingerprint density at radius 3 is 2.80 bits per heavy atom. The zero-order chi connectivity index (χ0) is 14.4. The molecule has 0 bridgehead atoms. The van der Waals surface area contributed by atoms with Crippen LogP contribution in [-0.2, 0) is 11.3 Å². The van der Waals surface area contributed by atoms with Gasteiger partial charge in [0.2, 0.25) is 0 Å². The van der Waals surface area contributed by atoms with Gasteiger partial charge >= 0.3 is 5.97 Å². The van der Waals surface area contributed by atoms with E-state index < -0.39 is 5.97 Å². The molecule has 0 saturated carbocycles. The van der Waals surface area contributed by atoms with Crippen molar-refractivity contribution >= 4 is 28.9 Å². The van der Waals surface area contributed by atoms with Gasteiger partial charge in [0.05, 0.1) is 0 Å². The van der Waals surface area contributed by atoms with Crippen LogP contribution >= 0.6 is 22.9 Å². The number of carbonyl (C=O) groups is 1. The standard InChI is InChI=1S/C15H16ClNO2S/c16-13-5-2-1-4-12(13)14-8-7-11(20-14)10-17-9-3-6-15(18)19/h1-2,4-5,7-8,17H,3,6,9-10H2,(H,18,19). The Morgan fingerprint density at radius 2 is 2.05 bits per heavy atom. The van der Waals surface area contributed by atoms with Gasteiger partial charge in [-0.15, -0.1) is 11.3 Å². The lowest BCUT2D eigenvalue weighted by molar-refractivity contribution is -0.137. The summed E-state index contributed by atoms with van der Waals surface area (Å²) in [5.41, 5.74) is 1.05. The molecule has 0 aliphatic rings. The van der Waals surface area contributed by atoms with E-state index in [9.17, 15) is 4.79 Å². The normalized spacial score (nSPS) is 10.7. The van der Waals surface area contributed by atoms with Gasteiger partial charge in [0.15, 0.2) is 0 Å². The fourth-order valence-electron chi connectivity index (χ4n) is 1.85. The lowest BCUT2D eigenvalue weighted by atomic mass is 10.2. The van der Waals surface area contributed by atoms with Crippen molar-refractivity contribution in [3.63, 3.8) is 0 Å². The number of carboxylic acid groups (broad SMARTS) is 1. The molecular weight excluding hydrogens is 294 g/mol. The van der Waals surface area contributed by atoms with Crippen molar-refractivity contribution in [3.8, 4) is 10.4 Å². The van der Waals surface area contributed by atoms with E-state index in [0.29, 0.717) is 13.0 Å². The van der Waals surface area contributed by atoms with Crippen molar-refractivity contribution in [1.29, 1.82) is 0 Å². The Hall–Kier alpha value is -1.36.